The summed E-state index contributed by atoms with van der Waals surface area (Å²) in [5, 5.41) is 12.0. The molecule has 6 heterocycles. The van der Waals surface area contributed by atoms with Gasteiger partial charge in [0.15, 0.2) is 17.1 Å². The second kappa shape index (κ2) is 14.5. The minimum Gasteiger partial charge on any atom is -0.364 e. The van der Waals surface area contributed by atoms with Gasteiger partial charge in [0.1, 0.15) is 11.5 Å². The summed E-state index contributed by atoms with van der Waals surface area (Å²) < 4.78 is 8.07. The quantitative estimate of drug-likeness (QED) is 0.150. The molecule has 3 atom stereocenters. The lowest BCUT2D eigenvalue weighted by atomic mass is 9.89. The second-order valence-electron chi connectivity index (χ2n) is 15.7. The molecule has 0 spiro atoms. The molecule has 54 heavy (non-hydrogen) atoms. The van der Waals surface area contributed by atoms with Gasteiger partial charge in [0.2, 0.25) is 11.8 Å². The van der Waals surface area contributed by atoms with Gasteiger partial charge in [-0.25, -0.2) is 9.97 Å². The summed E-state index contributed by atoms with van der Waals surface area (Å²) in [6.45, 7) is 5.19. The van der Waals surface area contributed by atoms with E-state index in [0.717, 1.165) is 99.0 Å². The molecular weight excluding hydrogens is 683 g/mol. The molecule has 13 nitrogen and oxygen atoms in total. The summed E-state index contributed by atoms with van der Waals surface area (Å²) in [5.74, 6) is 0.720. The van der Waals surface area contributed by atoms with Crippen molar-refractivity contribution in [2.75, 3.05) is 42.9 Å². The minimum absolute atomic E-state index is 0.149. The number of aromatic nitrogens is 4. The van der Waals surface area contributed by atoms with Crippen LogP contribution < -0.4 is 21.3 Å². The number of primary amides is 1. The zero-order chi connectivity index (χ0) is 36.8. The molecule has 0 bridgehead atoms. The van der Waals surface area contributed by atoms with Crippen molar-refractivity contribution in [1.29, 1.82) is 0 Å². The van der Waals surface area contributed by atoms with Crippen molar-refractivity contribution in [1.82, 2.24) is 29.9 Å². The Labute approximate surface area is 313 Å². The van der Waals surface area contributed by atoms with Crippen LogP contribution in [0.3, 0.4) is 0 Å². The molecule has 4 aliphatic rings. The Morgan fingerprint density at radius 1 is 0.944 bits per heavy atom. The van der Waals surface area contributed by atoms with Crippen LogP contribution in [0.2, 0.25) is 0 Å². The molecule has 280 valence electrons. The van der Waals surface area contributed by atoms with E-state index in [-0.39, 0.29) is 17.5 Å². The van der Waals surface area contributed by atoms with Gasteiger partial charge in [-0.3, -0.25) is 19.7 Å². The molecule has 4 N–H and O–H groups in total. The van der Waals surface area contributed by atoms with Gasteiger partial charge in [-0.15, -0.1) is 0 Å². The van der Waals surface area contributed by atoms with Gasteiger partial charge in [-0.2, -0.15) is 0 Å². The summed E-state index contributed by atoms with van der Waals surface area (Å²) in [6.07, 6.45) is 13.8. The molecule has 3 aliphatic heterocycles. The van der Waals surface area contributed by atoms with Gasteiger partial charge in [-0.05, 0) is 119 Å². The molecule has 4 fully saturated rings. The van der Waals surface area contributed by atoms with Crippen molar-refractivity contribution in [3.63, 3.8) is 0 Å². The van der Waals surface area contributed by atoms with E-state index in [1.54, 1.807) is 6.20 Å². The van der Waals surface area contributed by atoms with E-state index in [1.165, 1.54) is 18.4 Å². The van der Waals surface area contributed by atoms with Crippen LogP contribution in [-0.4, -0.2) is 75.0 Å². The highest BCUT2D eigenvalue weighted by molar-refractivity contribution is 6.09. The summed E-state index contributed by atoms with van der Waals surface area (Å²) >= 11 is 0. The third kappa shape index (κ3) is 6.69. The molecule has 9 rings (SSSR count). The summed E-state index contributed by atoms with van der Waals surface area (Å²) in [5.41, 5.74) is 10.4. The molecule has 3 saturated heterocycles. The number of nitrogens with one attached hydrogen (secondary N) is 2. The molecule has 0 radical (unpaired) electrons. The van der Waals surface area contributed by atoms with E-state index >= 15 is 0 Å². The number of rotatable bonds is 9. The van der Waals surface area contributed by atoms with E-state index in [1.807, 2.05) is 6.07 Å². The van der Waals surface area contributed by atoms with E-state index in [0.29, 0.717) is 47.8 Å². The first-order chi connectivity index (χ1) is 26.4. The van der Waals surface area contributed by atoms with Crippen LogP contribution >= 0.6 is 0 Å². The number of carbonyl (C=O) groups is 3. The molecule has 1 unspecified atom stereocenters. The van der Waals surface area contributed by atoms with Crippen LogP contribution in [-0.2, 0) is 9.59 Å². The number of hydrogen-bond acceptors (Lipinski definition) is 10. The highest BCUT2D eigenvalue weighted by Crippen LogP contribution is 2.41. The van der Waals surface area contributed by atoms with Gasteiger partial charge >= 0.3 is 0 Å². The number of anilines is 3. The first kappa shape index (κ1) is 34.5. The highest BCUT2D eigenvalue weighted by Gasteiger charge is 2.34. The van der Waals surface area contributed by atoms with Crippen molar-refractivity contribution in [2.45, 2.75) is 82.1 Å². The fraction of sp³-hybridized carbons (Fsp3) is 0.463. The van der Waals surface area contributed by atoms with Crippen molar-refractivity contribution < 1.29 is 18.9 Å². The van der Waals surface area contributed by atoms with Gasteiger partial charge in [0, 0.05) is 54.9 Å². The van der Waals surface area contributed by atoms with Gasteiger partial charge in [0.25, 0.3) is 5.91 Å². The van der Waals surface area contributed by atoms with Crippen LogP contribution in [0.25, 0.3) is 21.9 Å². The minimum atomic E-state index is -0.596. The number of piperidine rings is 3. The largest absolute Gasteiger partial charge is 0.364 e. The number of carbonyl (C=O) groups excluding carboxylic acids is 3. The Bertz CT molecular complexity index is 2200. The number of nitrogens with zero attached hydrogens (tertiary/aromatic N) is 6. The summed E-state index contributed by atoms with van der Waals surface area (Å²) in [7, 11) is 0. The van der Waals surface area contributed by atoms with Crippen molar-refractivity contribution >= 4 is 56.9 Å². The molecule has 3 amide bonds. The van der Waals surface area contributed by atoms with E-state index in [9.17, 15) is 14.4 Å². The Hall–Kier alpha value is -5.30. The van der Waals surface area contributed by atoms with Crippen molar-refractivity contribution in [3.8, 4) is 0 Å². The molecular formula is C41H47N9O4. The number of hydrogen-bond donors (Lipinski definition) is 3. The van der Waals surface area contributed by atoms with Gasteiger partial charge in [-0.1, -0.05) is 17.3 Å². The SMILES string of the molecule is NC(=O)c1ncc(N2CCCCC2)nc1Nc1ccc(C2CCN(C[C@@H]3CC[C@@H](n4ccc5c6c(C7CCC(=O)NC7=O)noc6ccc54)C3)CC2)cc1. The van der Waals surface area contributed by atoms with E-state index in [2.05, 4.69) is 77.7 Å². The van der Waals surface area contributed by atoms with Crippen LogP contribution in [0.5, 0.6) is 0 Å². The summed E-state index contributed by atoms with van der Waals surface area (Å²) in [4.78, 5) is 50.6. The predicted molar refractivity (Wildman–Crippen MR) is 206 cm³/mol. The lowest BCUT2D eigenvalue weighted by Crippen LogP contribution is -2.39. The van der Waals surface area contributed by atoms with Crippen LogP contribution in [0.1, 0.15) is 104 Å². The Kier molecular flexibility index (Phi) is 9.26. The molecule has 3 aromatic heterocycles. The van der Waals surface area contributed by atoms with Crippen molar-refractivity contribution in [3.05, 3.63) is 71.8 Å². The topological polar surface area (TPSA) is 165 Å². The first-order valence-corrected chi connectivity index (χ1v) is 19.6. The maximum atomic E-state index is 12.7. The molecule has 1 saturated carbocycles. The predicted octanol–water partition coefficient (Wildman–Crippen LogP) is 6.15. The van der Waals surface area contributed by atoms with Gasteiger partial charge in [0.05, 0.1) is 17.5 Å². The molecule has 5 aromatic rings. The lowest BCUT2D eigenvalue weighted by molar-refractivity contribution is -0.134. The third-order valence-electron chi connectivity index (χ3n) is 12.3. The van der Waals surface area contributed by atoms with E-state index < -0.39 is 11.8 Å². The lowest BCUT2D eigenvalue weighted by Gasteiger charge is -2.34. The van der Waals surface area contributed by atoms with E-state index in [4.69, 9.17) is 15.2 Å². The zero-order valence-corrected chi connectivity index (χ0v) is 30.5. The first-order valence-electron chi connectivity index (χ1n) is 19.6. The molecule has 1 aliphatic carbocycles. The monoisotopic (exact) mass is 729 g/mol. The standard InChI is InChI=1S/C41H47N9O4/c42-39(52)38-40(45-34(23-43-38)49-17-2-1-3-18-49)44-28-7-5-26(6-8-28)27-14-19-48(20-15-27)24-25-4-9-29(22-25)50-21-16-30-32(50)11-12-33-36(30)37(47-54-33)31-10-13-35(51)46-41(31)53/h5-8,11-12,16,21,23,25,27,29,31H,1-4,9-10,13-15,17-20,22,24H2,(H2,42,52)(H,44,45)(H,46,51,53)/t25-,29-,31?/m1/s1. The van der Waals surface area contributed by atoms with Crippen LogP contribution in [0.4, 0.5) is 17.3 Å². The number of benzene rings is 2. The fourth-order valence-corrected chi connectivity index (χ4v) is 9.39. The van der Waals surface area contributed by atoms with Crippen LogP contribution in [0, 0.1) is 5.92 Å². The Morgan fingerprint density at radius 2 is 1.76 bits per heavy atom. The maximum absolute atomic E-state index is 12.7. The number of imide groups is 1. The zero-order valence-electron chi connectivity index (χ0n) is 30.5. The highest BCUT2D eigenvalue weighted by atomic mass is 16.5. The second-order valence-corrected chi connectivity index (χ2v) is 15.7. The average Bonchev–Trinajstić information content (AvgIpc) is 3.94. The maximum Gasteiger partial charge on any atom is 0.271 e. The van der Waals surface area contributed by atoms with Gasteiger partial charge < -0.3 is 29.9 Å². The van der Waals surface area contributed by atoms with Crippen LogP contribution in [0.15, 0.2) is 59.4 Å². The Morgan fingerprint density at radius 3 is 2.54 bits per heavy atom. The number of fused-ring (bicyclic) bond motifs is 3. The number of amides is 3. The molecule has 2 aromatic carbocycles. The fourth-order valence-electron chi connectivity index (χ4n) is 9.39. The summed E-state index contributed by atoms with van der Waals surface area (Å²) in [6, 6.07) is 15.1. The smallest absolute Gasteiger partial charge is 0.271 e. The van der Waals surface area contributed by atoms with Crippen molar-refractivity contribution in [2.24, 2.45) is 11.7 Å². The third-order valence-corrected chi connectivity index (χ3v) is 12.3. The Balaban J connectivity index is 0.804. The number of nitrogens with two attached hydrogens (primary N) is 1. The average molecular weight is 730 g/mol. The molecule has 13 heteroatoms. The number of likely N-dealkylation sites (tertiary alicyclic amines) is 1. The normalized spacial score (nSPS) is 23.0.